The molecule has 2 aromatic rings. The average molecular weight is 520 g/mol. The molecule has 3 aliphatic rings. The molecule has 1 unspecified atom stereocenters. The third kappa shape index (κ3) is 6.76. The minimum Gasteiger partial charge on any atom is -0.459 e. The molecule has 1 saturated heterocycles. The summed E-state index contributed by atoms with van der Waals surface area (Å²) in [6, 6.07) is 10.5. The van der Waals surface area contributed by atoms with Crippen LogP contribution in [0.1, 0.15) is 99.2 Å². The number of rotatable bonds is 11. The Morgan fingerprint density at radius 3 is 2.71 bits per heavy atom. The Labute approximate surface area is 228 Å². The predicted octanol–water partition coefficient (Wildman–Crippen LogP) is 6.12. The number of esters is 1. The highest BCUT2D eigenvalue weighted by Gasteiger charge is 2.42. The summed E-state index contributed by atoms with van der Waals surface area (Å²) in [5.74, 6) is 1.53. The maximum atomic E-state index is 13.4. The highest BCUT2D eigenvalue weighted by Crippen LogP contribution is 2.46. The second-order valence-corrected chi connectivity index (χ2v) is 12.4. The Hall–Kier alpha value is -2.44. The number of likely N-dealkylation sites (tertiary alicyclic amines) is 1. The van der Waals surface area contributed by atoms with Crippen LogP contribution < -0.4 is 5.32 Å². The van der Waals surface area contributed by atoms with Gasteiger partial charge in [0.05, 0.1) is 6.10 Å². The highest BCUT2D eigenvalue weighted by atomic mass is 16.6. The van der Waals surface area contributed by atoms with Gasteiger partial charge >= 0.3 is 5.97 Å². The van der Waals surface area contributed by atoms with Crippen LogP contribution in [0, 0.1) is 6.92 Å². The number of aromatic nitrogens is 1. The lowest BCUT2D eigenvalue weighted by molar-refractivity contribution is -0.168. The monoisotopic (exact) mass is 519 g/mol. The normalized spacial score (nSPS) is 18.8. The van der Waals surface area contributed by atoms with Gasteiger partial charge in [-0.05, 0) is 107 Å². The number of fused-ring (bicyclic) bond motifs is 1. The second kappa shape index (κ2) is 11.7. The van der Waals surface area contributed by atoms with Crippen LogP contribution in [-0.2, 0) is 27.1 Å². The van der Waals surface area contributed by atoms with E-state index in [1.165, 1.54) is 41.6 Å². The number of pyridine rings is 1. The van der Waals surface area contributed by atoms with Gasteiger partial charge in [-0.2, -0.15) is 0 Å². The fourth-order valence-corrected chi connectivity index (χ4v) is 5.83. The molecule has 3 heterocycles. The molecule has 0 spiro atoms. The summed E-state index contributed by atoms with van der Waals surface area (Å²) in [4.78, 5) is 20.5. The fourth-order valence-electron chi connectivity index (χ4n) is 5.83. The number of aryl methyl sites for hydroxylation is 3. The quantitative estimate of drug-likeness (QED) is 0.285. The Morgan fingerprint density at radius 1 is 1.13 bits per heavy atom. The molecule has 1 aromatic heterocycles. The van der Waals surface area contributed by atoms with Crippen molar-refractivity contribution < 1.29 is 14.3 Å². The van der Waals surface area contributed by atoms with Gasteiger partial charge in [0.15, 0.2) is 0 Å². The Balaban J connectivity index is 1.09. The molecule has 0 bridgehead atoms. The number of carbonyl (C=O) groups is 1. The van der Waals surface area contributed by atoms with E-state index in [-0.39, 0.29) is 18.1 Å². The first kappa shape index (κ1) is 27.1. The highest BCUT2D eigenvalue weighted by molar-refractivity contribution is 5.79. The molecule has 1 saturated carbocycles. The molecule has 38 heavy (non-hydrogen) atoms. The molecule has 0 radical (unpaired) electrons. The van der Waals surface area contributed by atoms with Crippen molar-refractivity contribution in [3.05, 3.63) is 58.3 Å². The van der Waals surface area contributed by atoms with E-state index in [2.05, 4.69) is 47.5 Å². The van der Waals surface area contributed by atoms with Gasteiger partial charge in [0.1, 0.15) is 17.5 Å². The van der Waals surface area contributed by atoms with E-state index >= 15 is 0 Å². The van der Waals surface area contributed by atoms with Gasteiger partial charge in [0.25, 0.3) is 0 Å². The van der Waals surface area contributed by atoms with E-state index in [0.717, 1.165) is 69.7 Å². The third-order valence-electron chi connectivity index (χ3n) is 7.89. The Bertz CT molecular complexity index is 1120. The van der Waals surface area contributed by atoms with Crippen molar-refractivity contribution in [1.29, 1.82) is 0 Å². The van der Waals surface area contributed by atoms with Crippen molar-refractivity contribution in [2.24, 2.45) is 0 Å². The van der Waals surface area contributed by atoms with Crippen LogP contribution in [0.15, 0.2) is 30.3 Å². The van der Waals surface area contributed by atoms with Gasteiger partial charge in [-0.3, -0.25) is 4.90 Å². The number of anilines is 1. The van der Waals surface area contributed by atoms with Crippen molar-refractivity contribution in [3.63, 3.8) is 0 Å². The number of nitrogens with one attached hydrogen (secondary N) is 1. The van der Waals surface area contributed by atoms with Crippen molar-refractivity contribution in [2.45, 2.75) is 103 Å². The molecule has 206 valence electrons. The number of benzene rings is 1. The lowest BCUT2D eigenvalue weighted by atomic mass is 9.90. The smallest absolute Gasteiger partial charge is 0.328 e. The van der Waals surface area contributed by atoms with Crippen LogP contribution in [0.4, 0.5) is 5.82 Å². The zero-order valence-electron chi connectivity index (χ0n) is 23.7. The van der Waals surface area contributed by atoms with Gasteiger partial charge in [0, 0.05) is 31.9 Å². The molecule has 0 amide bonds. The maximum Gasteiger partial charge on any atom is 0.328 e. The van der Waals surface area contributed by atoms with Gasteiger partial charge in [-0.15, -0.1) is 0 Å². The van der Waals surface area contributed by atoms with Crippen molar-refractivity contribution in [3.8, 4) is 0 Å². The first-order valence-electron chi connectivity index (χ1n) is 14.7. The standard InChI is InChI=1S/C32H45N3O3/c1-22-10-8-13-27(28(22)23-14-15-23)29(31(36)38-32(2,3)4)35-20-26(21-35)37-19-7-5-6-12-25-17-16-24-11-9-18-33-30(24)34-25/h8,10,13,16-17,23,26,29H,5-7,9,11-12,14-15,18-21H2,1-4H3,(H,33,34). The number of unbranched alkanes of at least 4 members (excludes halogenated alkanes) is 2. The summed E-state index contributed by atoms with van der Waals surface area (Å²) in [6.07, 6.45) is 9.28. The molecule has 1 atom stereocenters. The van der Waals surface area contributed by atoms with E-state index < -0.39 is 5.60 Å². The maximum absolute atomic E-state index is 13.4. The Kier molecular flexibility index (Phi) is 8.39. The van der Waals surface area contributed by atoms with Crippen LogP contribution in [0.3, 0.4) is 0 Å². The van der Waals surface area contributed by atoms with Gasteiger partial charge in [-0.1, -0.05) is 30.7 Å². The number of ether oxygens (including phenoxy) is 2. The first-order valence-corrected chi connectivity index (χ1v) is 14.7. The topological polar surface area (TPSA) is 63.7 Å². The lowest BCUT2D eigenvalue weighted by Crippen LogP contribution is -2.56. The van der Waals surface area contributed by atoms with Gasteiger partial charge in [0.2, 0.25) is 0 Å². The van der Waals surface area contributed by atoms with E-state index in [1.54, 1.807) is 0 Å². The van der Waals surface area contributed by atoms with Crippen molar-refractivity contribution in [2.75, 3.05) is 31.6 Å². The molecule has 5 rings (SSSR count). The zero-order chi connectivity index (χ0) is 26.7. The van der Waals surface area contributed by atoms with Crippen LogP contribution in [0.2, 0.25) is 0 Å². The molecule has 6 nitrogen and oxygen atoms in total. The Morgan fingerprint density at radius 2 is 1.95 bits per heavy atom. The van der Waals surface area contributed by atoms with Gasteiger partial charge in [-0.25, -0.2) is 9.78 Å². The van der Waals surface area contributed by atoms with E-state index in [0.29, 0.717) is 5.92 Å². The van der Waals surface area contributed by atoms with Crippen LogP contribution in [-0.4, -0.2) is 53.8 Å². The van der Waals surface area contributed by atoms with Crippen LogP contribution >= 0.6 is 0 Å². The van der Waals surface area contributed by atoms with Crippen molar-refractivity contribution in [1.82, 2.24) is 9.88 Å². The lowest BCUT2D eigenvalue weighted by Gasteiger charge is -2.44. The summed E-state index contributed by atoms with van der Waals surface area (Å²) in [5.41, 5.74) is 5.80. The molecular weight excluding hydrogens is 474 g/mol. The zero-order valence-corrected chi connectivity index (χ0v) is 23.7. The molecular formula is C32H45N3O3. The van der Waals surface area contributed by atoms with Crippen LogP contribution in [0.25, 0.3) is 0 Å². The molecule has 6 heteroatoms. The predicted molar refractivity (Wildman–Crippen MR) is 152 cm³/mol. The average Bonchev–Trinajstić information content (AvgIpc) is 3.68. The molecule has 1 N–H and O–H groups in total. The minimum atomic E-state index is -0.509. The number of carbonyl (C=O) groups excluding carboxylic acids is 1. The SMILES string of the molecule is Cc1cccc(C(C(=O)OC(C)(C)C)N2CC(OCCCCCc3ccc4c(n3)NCCC4)C2)c1C1CC1. The minimum absolute atomic E-state index is 0.144. The van der Waals surface area contributed by atoms with Gasteiger partial charge < -0.3 is 14.8 Å². The summed E-state index contributed by atoms with van der Waals surface area (Å²) in [7, 11) is 0. The third-order valence-corrected chi connectivity index (χ3v) is 7.89. The fraction of sp³-hybridized carbons (Fsp3) is 0.625. The summed E-state index contributed by atoms with van der Waals surface area (Å²) >= 11 is 0. The molecule has 2 fully saturated rings. The second-order valence-electron chi connectivity index (χ2n) is 12.4. The summed E-state index contributed by atoms with van der Waals surface area (Å²) < 4.78 is 12.1. The van der Waals surface area contributed by atoms with E-state index in [9.17, 15) is 4.79 Å². The summed E-state index contributed by atoms with van der Waals surface area (Å²) in [5, 5.41) is 3.43. The van der Waals surface area contributed by atoms with E-state index in [1.807, 2.05) is 20.8 Å². The first-order chi connectivity index (χ1) is 18.3. The van der Waals surface area contributed by atoms with E-state index in [4.69, 9.17) is 14.5 Å². The van der Waals surface area contributed by atoms with Crippen molar-refractivity contribution >= 4 is 11.8 Å². The summed E-state index contributed by atoms with van der Waals surface area (Å²) in [6.45, 7) is 11.4. The number of nitrogens with zero attached hydrogens (tertiary/aromatic N) is 2. The molecule has 1 aromatic carbocycles. The molecule has 2 aliphatic heterocycles. The number of hydrogen-bond donors (Lipinski definition) is 1. The number of hydrogen-bond acceptors (Lipinski definition) is 6. The largest absolute Gasteiger partial charge is 0.459 e. The molecule has 1 aliphatic carbocycles. The van der Waals surface area contributed by atoms with Crippen LogP contribution in [0.5, 0.6) is 0 Å².